The van der Waals surface area contributed by atoms with Gasteiger partial charge in [-0.15, -0.1) is 0 Å². The number of nitrogens with one attached hydrogen (secondary N) is 1. The average Bonchev–Trinajstić information content (AvgIpc) is 2.48. The zero-order chi connectivity index (χ0) is 14.5. The number of carbonyl (C=O) groups excluding carboxylic acids is 1. The molecule has 4 nitrogen and oxygen atoms in total. The Hall–Kier alpha value is -1.39. The predicted molar refractivity (Wildman–Crippen MR) is 81.0 cm³/mol. The van der Waals surface area contributed by atoms with Crippen LogP contribution in [0.2, 0.25) is 0 Å². The summed E-state index contributed by atoms with van der Waals surface area (Å²) in [7, 11) is 0. The fourth-order valence-electron chi connectivity index (χ4n) is 2.33. The standard InChI is InChI=1S/C16H24N2O2/c1-12(2)14-4-6-15(7-5-14)17-16(19)13(3)18-8-10-20-11-9-18/h4-7,12-13H,8-11H2,1-3H3,(H,17,19). The first-order chi connectivity index (χ1) is 9.58. The van der Waals surface area contributed by atoms with Gasteiger partial charge in [0.1, 0.15) is 0 Å². The normalized spacial score (nSPS) is 18.0. The van der Waals surface area contributed by atoms with Crippen LogP contribution in [0.4, 0.5) is 5.69 Å². The summed E-state index contributed by atoms with van der Waals surface area (Å²) in [5, 5.41) is 2.98. The first-order valence-corrected chi connectivity index (χ1v) is 7.30. The maximum atomic E-state index is 12.2. The average molecular weight is 276 g/mol. The summed E-state index contributed by atoms with van der Waals surface area (Å²) >= 11 is 0. The van der Waals surface area contributed by atoms with Gasteiger partial charge in [0, 0.05) is 18.8 Å². The number of ether oxygens (including phenoxy) is 1. The van der Waals surface area contributed by atoms with Crippen LogP contribution in [-0.2, 0) is 9.53 Å². The Morgan fingerprint density at radius 2 is 1.75 bits per heavy atom. The maximum Gasteiger partial charge on any atom is 0.241 e. The Bertz CT molecular complexity index is 436. The van der Waals surface area contributed by atoms with E-state index in [2.05, 4.69) is 36.2 Å². The molecule has 0 aliphatic carbocycles. The van der Waals surface area contributed by atoms with Crippen molar-refractivity contribution in [3.8, 4) is 0 Å². The Balaban J connectivity index is 1.92. The number of morpholine rings is 1. The van der Waals surface area contributed by atoms with Crippen LogP contribution >= 0.6 is 0 Å². The van der Waals surface area contributed by atoms with Gasteiger partial charge >= 0.3 is 0 Å². The molecular formula is C16H24N2O2. The molecule has 1 unspecified atom stereocenters. The van der Waals surface area contributed by atoms with Gasteiger partial charge in [-0.25, -0.2) is 0 Å². The molecule has 1 amide bonds. The zero-order valence-corrected chi connectivity index (χ0v) is 12.6. The number of nitrogens with zero attached hydrogens (tertiary/aromatic N) is 1. The molecule has 2 rings (SSSR count). The second-order valence-electron chi connectivity index (χ2n) is 5.59. The van der Waals surface area contributed by atoms with Gasteiger partial charge in [-0.3, -0.25) is 9.69 Å². The number of anilines is 1. The number of rotatable bonds is 4. The summed E-state index contributed by atoms with van der Waals surface area (Å²) in [6.45, 7) is 9.33. The minimum absolute atomic E-state index is 0.0456. The van der Waals surface area contributed by atoms with Crippen LogP contribution in [0.15, 0.2) is 24.3 Å². The highest BCUT2D eigenvalue weighted by atomic mass is 16.5. The van der Waals surface area contributed by atoms with Crippen LogP contribution < -0.4 is 5.32 Å². The minimum atomic E-state index is -0.122. The summed E-state index contributed by atoms with van der Waals surface area (Å²) in [5.74, 6) is 0.552. The molecule has 1 heterocycles. The van der Waals surface area contributed by atoms with Gasteiger partial charge in [0.25, 0.3) is 0 Å². The number of hydrogen-bond acceptors (Lipinski definition) is 3. The van der Waals surface area contributed by atoms with E-state index in [0.29, 0.717) is 19.1 Å². The molecular weight excluding hydrogens is 252 g/mol. The van der Waals surface area contributed by atoms with Gasteiger partial charge in [-0.05, 0) is 30.5 Å². The Kier molecular flexibility index (Phi) is 5.15. The van der Waals surface area contributed by atoms with Crippen LogP contribution in [-0.4, -0.2) is 43.2 Å². The molecule has 1 aliphatic heterocycles. The van der Waals surface area contributed by atoms with E-state index in [1.54, 1.807) is 0 Å². The van der Waals surface area contributed by atoms with Gasteiger partial charge in [-0.1, -0.05) is 26.0 Å². The summed E-state index contributed by atoms with van der Waals surface area (Å²) in [6, 6.07) is 7.96. The smallest absolute Gasteiger partial charge is 0.241 e. The van der Waals surface area contributed by atoms with Gasteiger partial charge in [0.05, 0.1) is 19.3 Å². The predicted octanol–water partition coefficient (Wildman–Crippen LogP) is 2.47. The SMILES string of the molecule is CC(C)c1ccc(NC(=O)C(C)N2CCOCC2)cc1. The topological polar surface area (TPSA) is 41.6 Å². The fraction of sp³-hybridized carbons (Fsp3) is 0.562. The molecule has 1 aromatic carbocycles. The first kappa shape index (κ1) is 15.0. The molecule has 0 aromatic heterocycles. The van der Waals surface area contributed by atoms with E-state index in [9.17, 15) is 4.79 Å². The lowest BCUT2D eigenvalue weighted by Crippen LogP contribution is -2.47. The first-order valence-electron chi connectivity index (χ1n) is 7.30. The fourth-order valence-corrected chi connectivity index (χ4v) is 2.33. The van der Waals surface area contributed by atoms with Crippen LogP contribution in [0.1, 0.15) is 32.3 Å². The van der Waals surface area contributed by atoms with Crippen LogP contribution in [0, 0.1) is 0 Å². The minimum Gasteiger partial charge on any atom is -0.379 e. The summed E-state index contributed by atoms with van der Waals surface area (Å²) in [5.41, 5.74) is 2.14. The second-order valence-corrected chi connectivity index (χ2v) is 5.59. The quantitative estimate of drug-likeness (QED) is 0.918. The molecule has 1 saturated heterocycles. The lowest BCUT2D eigenvalue weighted by molar-refractivity contribution is -0.122. The van der Waals surface area contributed by atoms with Crippen molar-refractivity contribution in [1.82, 2.24) is 4.90 Å². The molecule has 1 aliphatic rings. The number of carbonyl (C=O) groups is 1. The van der Waals surface area contributed by atoms with Crippen LogP contribution in [0.25, 0.3) is 0 Å². The third-order valence-electron chi connectivity index (χ3n) is 3.82. The number of hydrogen-bond donors (Lipinski definition) is 1. The zero-order valence-electron chi connectivity index (χ0n) is 12.6. The molecule has 0 bridgehead atoms. The van der Waals surface area contributed by atoms with Crippen molar-refractivity contribution >= 4 is 11.6 Å². The van der Waals surface area contributed by atoms with Crippen LogP contribution in [0.3, 0.4) is 0 Å². The van der Waals surface area contributed by atoms with Crippen molar-refractivity contribution in [1.29, 1.82) is 0 Å². The Labute approximate surface area is 121 Å². The van der Waals surface area contributed by atoms with Gasteiger partial charge < -0.3 is 10.1 Å². The third kappa shape index (κ3) is 3.81. The van der Waals surface area contributed by atoms with E-state index in [1.165, 1.54) is 5.56 Å². The van der Waals surface area contributed by atoms with Crippen LogP contribution in [0.5, 0.6) is 0 Å². The molecule has 1 N–H and O–H groups in total. The summed E-state index contributed by atoms with van der Waals surface area (Å²) < 4.78 is 5.31. The lowest BCUT2D eigenvalue weighted by atomic mass is 10.0. The van der Waals surface area contributed by atoms with Crippen molar-refractivity contribution in [2.45, 2.75) is 32.7 Å². The van der Waals surface area contributed by atoms with Gasteiger partial charge in [0.15, 0.2) is 0 Å². The van der Waals surface area contributed by atoms with E-state index in [0.717, 1.165) is 18.8 Å². The molecule has 0 spiro atoms. The summed E-state index contributed by atoms with van der Waals surface area (Å²) in [6.07, 6.45) is 0. The second kappa shape index (κ2) is 6.86. The largest absolute Gasteiger partial charge is 0.379 e. The van der Waals surface area contributed by atoms with E-state index in [4.69, 9.17) is 4.74 Å². The molecule has 1 atom stereocenters. The highest BCUT2D eigenvalue weighted by Gasteiger charge is 2.23. The molecule has 1 fully saturated rings. The van der Waals surface area contributed by atoms with Gasteiger partial charge in [-0.2, -0.15) is 0 Å². The number of benzene rings is 1. The van der Waals surface area contributed by atoms with E-state index in [1.807, 2.05) is 19.1 Å². The van der Waals surface area contributed by atoms with Crippen molar-refractivity contribution in [2.24, 2.45) is 0 Å². The molecule has 4 heteroatoms. The summed E-state index contributed by atoms with van der Waals surface area (Å²) in [4.78, 5) is 14.4. The molecule has 0 radical (unpaired) electrons. The van der Waals surface area contributed by atoms with Crippen molar-refractivity contribution in [3.05, 3.63) is 29.8 Å². The van der Waals surface area contributed by atoms with E-state index in [-0.39, 0.29) is 11.9 Å². The molecule has 0 saturated carbocycles. The Morgan fingerprint density at radius 3 is 2.30 bits per heavy atom. The van der Waals surface area contributed by atoms with Crippen molar-refractivity contribution < 1.29 is 9.53 Å². The Morgan fingerprint density at radius 1 is 1.15 bits per heavy atom. The molecule has 1 aromatic rings. The van der Waals surface area contributed by atoms with E-state index < -0.39 is 0 Å². The maximum absolute atomic E-state index is 12.2. The van der Waals surface area contributed by atoms with Crippen molar-refractivity contribution in [2.75, 3.05) is 31.6 Å². The highest BCUT2D eigenvalue weighted by molar-refractivity contribution is 5.94. The lowest BCUT2D eigenvalue weighted by Gasteiger charge is -2.31. The molecule has 110 valence electrons. The van der Waals surface area contributed by atoms with Crippen molar-refractivity contribution in [3.63, 3.8) is 0 Å². The van der Waals surface area contributed by atoms with E-state index >= 15 is 0 Å². The molecule has 20 heavy (non-hydrogen) atoms. The van der Waals surface area contributed by atoms with Gasteiger partial charge in [0.2, 0.25) is 5.91 Å². The third-order valence-corrected chi connectivity index (χ3v) is 3.82. The highest BCUT2D eigenvalue weighted by Crippen LogP contribution is 2.17. The monoisotopic (exact) mass is 276 g/mol. The number of amides is 1.